The normalized spacial score (nSPS) is 30.9. The smallest absolute Gasteiger partial charge is 0.253 e. The molecule has 3 fully saturated rings. The highest BCUT2D eigenvalue weighted by Crippen LogP contribution is 2.27. The van der Waals surface area contributed by atoms with Crippen LogP contribution in [-0.2, 0) is 9.53 Å². The van der Waals surface area contributed by atoms with E-state index in [4.69, 9.17) is 4.74 Å². The number of amides is 2. The Labute approximate surface area is 147 Å². The van der Waals surface area contributed by atoms with Crippen molar-refractivity contribution in [2.75, 3.05) is 11.9 Å². The summed E-state index contributed by atoms with van der Waals surface area (Å²) in [7, 11) is 0. The quantitative estimate of drug-likeness (QED) is 0.779. The first kappa shape index (κ1) is 16.5. The Morgan fingerprint density at radius 2 is 1.92 bits per heavy atom. The molecule has 3 N–H and O–H groups in total. The molecule has 3 aliphatic rings. The topological polar surface area (TPSA) is 79.5 Å². The second-order valence-electron chi connectivity index (χ2n) is 7.35. The van der Waals surface area contributed by atoms with Crippen LogP contribution in [0.5, 0.6) is 0 Å². The maximum Gasteiger partial charge on any atom is 0.253 e. The van der Waals surface area contributed by atoms with Crippen LogP contribution in [-0.4, -0.2) is 42.7 Å². The maximum absolute atomic E-state index is 12.6. The third kappa shape index (κ3) is 3.85. The van der Waals surface area contributed by atoms with Gasteiger partial charge in [-0.2, -0.15) is 0 Å². The molecule has 3 saturated heterocycles. The van der Waals surface area contributed by atoms with Crippen molar-refractivity contribution in [1.82, 2.24) is 10.6 Å². The minimum absolute atomic E-state index is 0.0699. The first-order chi connectivity index (χ1) is 12.2. The average Bonchev–Trinajstić information content (AvgIpc) is 3.25. The van der Waals surface area contributed by atoms with Crippen LogP contribution >= 0.6 is 0 Å². The van der Waals surface area contributed by atoms with Gasteiger partial charge in [0.25, 0.3) is 11.8 Å². The Hall–Kier alpha value is -1.92. The zero-order chi connectivity index (χ0) is 17.2. The zero-order valence-electron chi connectivity index (χ0n) is 14.3. The first-order valence-corrected chi connectivity index (χ1v) is 9.27. The molecule has 3 aliphatic heterocycles. The number of rotatable bonds is 4. The third-order valence-corrected chi connectivity index (χ3v) is 5.42. The predicted octanol–water partition coefficient (Wildman–Crippen LogP) is 1.82. The average molecular weight is 343 g/mol. The summed E-state index contributed by atoms with van der Waals surface area (Å²) < 4.78 is 5.39. The molecule has 3 unspecified atom stereocenters. The lowest BCUT2D eigenvalue weighted by atomic mass is 9.99. The molecule has 6 heteroatoms. The monoisotopic (exact) mass is 343 g/mol. The second kappa shape index (κ2) is 7.14. The van der Waals surface area contributed by atoms with E-state index in [0.29, 0.717) is 29.9 Å². The van der Waals surface area contributed by atoms with Crippen molar-refractivity contribution in [2.45, 2.75) is 62.8 Å². The van der Waals surface area contributed by atoms with Gasteiger partial charge in [0.05, 0.1) is 0 Å². The van der Waals surface area contributed by atoms with Crippen LogP contribution in [0.15, 0.2) is 24.3 Å². The van der Waals surface area contributed by atoms with Crippen LogP contribution in [0.4, 0.5) is 5.69 Å². The number of hydrogen-bond acceptors (Lipinski definition) is 4. The van der Waals surface area contributed by atoms with Gasteiger partial charge in [-0.1, -0.05) is 6.07 Å². The highest BCUT2D eigenvalue weighted by molar-refractivity contribution is 5.98. The lowest BCUT2D eigenvalue weighted by molar-refractivity contribution is -0.124. The lowest BCUT2D eigenvalue weighted by Crippen LogP contribution is -2.48. The van der Waals surface area contributed by atoms with Gasteiger partial charge in [0.2, 0.25) is 0 Å². The fraction of sp³-hybridized carbons (Fsp3) is 0.579. The molecular formula is C19H25N3O3. The van der Waals surface area contributed by atoms with E-state index in [2.05, 4.69) is 16.0 Å². The number of anilines is 1. The minimum Gasteiger partial charge on any atom is -0.368 e. The van der Waals surface area contributed by atoms with E-state index in [0.717, 1.165) is 25.7 Å². The minimum atomic E-state index is -0.373. The Morgan fingerprint density at radius 1 is 1.12 bits per heavy atom. The summed E-state index contributed by atoms with van der Waals surface area (Å²) in [5.74, 6) is -0.204. The fourth-order valence-corrected chi connectivity index (χ4v) is 4.19. The van der Waals surface area contributed by atoms with Crippen molar-refractivity contribution >= 4 is 17.5 Å². The Bertz CT molecular complexity index is 645. The van der Waals surface area contributed by atoms with Crippen molar-refractivity contribution in [3.05, 3.63) is 29.8 Å². The molecule has 4 rings (SSSR count). The first-order valence-electron chi connectivity index (χ1n) is 9.27. The van der Waals surface area contributed by atoms with Crippen molar-refractivity contribution in [3.63, 3.8) is 0 Å². The van der Waals surface area contributed by atoms with Gasteiger partial charge in [-0.15, -0.1) is 0 Å². The molecule has 1 aromatic carbocycles. The van der Waals surface area contributed by atoms with Gasteiger partial charge < -0.3 is 20.7 Å². The second-order valence-corrected chi connectivity index (χ2v) is 7.35. The van der Waals surface area contributed by atoms with Crippen LogP contribution in [0.25, 0.3) is 0 Å². The number of carbonyl (C=O) groups excluding carboxylic acids is 2. The summed E-state index contributed by atoms with van der Waals surface area (Å²) in [4.78, 5) is 24.7. The summed E-state index contributed by atoms with van der Waals surface area (Å²) in [6, 6.07) is 8.43. The molecule has 0 spiro atoms. The van der Waals surface area contributed by atoms with Crippen LogP contribution in [0, 0.1) is 0 Å². The van der Waals surface area contributed by atoms with Crippen molar-refractivity contribution < 1.29 is 14.3 Å². The van der Waals surface area contributed by atoms with Crippen LogP contribution in [0.2, 0.25) is 0 Å². The largest absolute Gasteiger partial charge is 0.368 e. The predicted molar refractivity (Wildman–Crippen MR) is 94.5 cm³/mol. The lowest BCUT2D eigenvalue weighted by Gasteiger charge is -2.29. The van der Waals surface area contributed by atoms with Crippen molar-refractivity contribution in [1.29, 1.82) is 0 Å². The third-order valence-electron chi connectivity index (χ3n) is 5.42. The van der Waals surface area contributed by atoms with Crippen LogP contribution in [0.3, 0.4) is 0 Å². The number of fused-ring (bicyclic) bond motifs is 2. The van der Waals surface area contributed by atoms with Gasteiger partial charge in [0.1, 0.15) is 6.10 Å². The molecule has 0 aromatic heterocycles. The Morgan fingerprint density at radius 3 is 2.64 bits per heavy atom. The van der Waals surface area contributed by atoms with E-state index in [1.54, 1.807) is 24.3 Å². The SMILES string of the molecule is O=C(NC1CC2CCC(C1)N2)c1cccc(NC(=O)C2CCCO2)c1. The highest BCUT2D eigenvalue weighted by Gasteiger charge is 2.34. The van der Waals surface area contributed by atoms with Crippen molar-refractivity contribution in [3.8, 4) is 0 Å². The maximum atomic E-state index is 12.6. The van der Waals surface area contributed by atoms with Crippen LogP contribution < -0.4 is 16.0 Å². The number of benzene rings is 1. The number of carbonyl (C=O) groups is 2. The molecule has 25 heavy (non-hydrogen) atoms. The molecule has 3 atom stereocenters. The van der Waals surface area contributed by atoms with E-state index in [9.17, 15) is 9.59 Å². The molecule has 0 radical (unpaired) electrons. The molecule has 2 bridgehead atoms. The molecule has 3 heterocycles. The van der Waals surface area contributed by atoms with Gasteiger partial charge in [0.15, 0.2) is 0 Å². The molecular weight excluding hydrogens is 318 g/mol. The summed E-state index contributed by atoms with van der Waals surface area (Å²) in [5.41, 5.74) is 1.22. The van der Waals surface area contributed by atoms with Gasteiger partial charge in [0, 0.05) is 36.0 Å². The Kier molecular flexibility index (Phi) is 4.72. The Balaban J connectivity index is 1.36. The van der Waals surface area contributed by atoms with E-state index >= 15 is 0 Å². The van der Waals surface area contributed by atoms with E-state index < -0.39 is 0 Å². The van der Waals surface area contributed by atoms with E-state index in [1.165, 1.54) is 12.8 Å². The van der Waals surface area contributed by atoms with Gasteiger partial charge in [-0.3, -0.25) is 9.59 Å². The van der Waals surface area contributed by atoms with Gasteiger partial charge >= 0.3 is 0 Å². The summed E-state index contributed by atoms with van der Waals surface area (Å²) in [6.07, 6.45) is 5.71. The number of ether oxygens (including phenoxy) is 1. The molecule has 0 aliphatic carbocycles. The van der Waals surface area contributed by atoms with Gasteiger partial charge in [-0.05, 0) is 56.7 Å². The summed E-state index contributed by atoms with van der Waals surface area (Å²) in [5, 5.41) is 9.59. The molecule has 134 valence electrons. The number of hydrogen-bond donors (Lipinski definition) is 3. The molecule has 1 aromatic rings. The number of nitrogens with one attached hydrogen (secondary N) is 3. The summed E-state index contributed by atoms with van der Waals surface area (Å²) in [6.45, 7) is 0.638. The number of piperidine rings is 1. The zero-order valence-corrected chi connectivity index (χ0v) is 14.3. The van der Waals surface area contributed by atoms with Crippen molar-refractivity contribution in [2.24, 2.45) is 0 Å². The van der Waals surface area contributed by atoms with E-state index in [1.807, 2.05) is 0 Å². The molecule has 2 amide bonds. The molecule has 6 nitrogen and oxygen atoms in total. The summed E-state index contributed by atoms with van der Waals surface area (Å²) >= 11 is 0. The standard InChI is InChI=1S/C19H25N3O3/c23-18(22-16-10-14-6-7-15(11-16)20-14)12-3-1-4-13(9-12)21-19(24)17-5-2-8-25-17/h1,3-4,9,14-17,20H,2,5-8,10-11H2,(H,21,24)(H,22,23). The highest BCUT2D eigenvalue weighted by atomic mass is 16.5. The van der Waals surface area contributed by atoms with Gasteiger partial charge in [-0.25, -0.2) is 0 Å². The van der Waals surface area contributed by atoms with Crippen LogP contribution in [0.1, 0.15) is 48.9 Å². The molecule has 0 saturated carbocycles. The fourth-order valence-electron chi connectivity index (χ4n) is 4.19. The van der Waals surface area contributed by atoms with E-state index in [-0.39, 0.29) is 24.0 Å².